The fourth-order valence-electron chi connectivity index (χ4n) is 6.12. The number of halogens is 5. The van der Waals surface area contributed by atoms with E-state index in [0.717, 1.165) is 33.2 Å². The maximum atomic E-state index is 15.0. The summed E-state index contributed by atoms with van der Waals surface area (Å²) in [7, 11) is 0. The molecule has 3 heterocycles. The van der Waals surface area contributed by atoms with E-state index in [1.54, 1.807) is 44.3 Å². The summed E-state index contributed by atoms with van der Waals surface area (Å²) < 4.78 is 82.2. The van der Waals surface area contributed by atoms with Crippen molar-refractivity contribution in [3.8, 4) is 34.1 Å². The zero-order chi connectivity index (χ0) is 33.0. The van der Waals surface area contributed by atoms with Crippen LogP contribution in [0.25, 0.3) is 44.4 Å². The summed E-state index contributed by atoms with van der Waals surface area (Å²) in [4.78, 5) is 4.63. The molecule has 7 rings (SSSR count). The largest absolute Gasteiger partial charge is 0.457 e. The van der Waals surface area contributed by atoms with Crippen molar-refractivity contribution < 1.29 is 26.7 Å². The minimum atomic E-state index is -2.20. The number of benzene rings is 4. The molecule has 5 nitrogen and oxygen atoms in total. The van der Waals surface area contributed by atoms with Crippen LogP contribution in [-0.4, -0.2) is 19.3 Å². The van der Waals surface area contributed by atoms with Crippen molar-refractivity contribution in [1.82, 2.24) is 19.3 Å². The van der Waals surface area contributed by atoms with E-state index >= 15 is 0 Å². The summed E-state index contributed by atoms with van der Waals surface area (Å²) >= 11 is 0. The number of pyridine rings is 1. The fourth-order valence-corrected chi connectivity index (χ4v) is 6.12. The number of nitrogens with zero attached hydrogens (tertiary/aromatic N) is 4. The van der Waals surface area contributed by atoms with Crippen molar-refractivity contribution in [1.29, 1.82) is 0 Å². The van der Waals surface area contributed by atoms with Gasteiger partial charge in [0.1, 0.15) is 17.3 Å². The minimum Gasteiger partial charge on any atom is -0.457 e. The first kappa shape index (κ1) is 30.2. The molecule has 0 fully saturated rings. The fraction of sp³-hybridized carbons (Fsp3) is 0.135. The van der Waals surface area contributed by atoms with Crippen molar-refractivity contribution in [2.24, 2.45) is 0 Å². The third kappa shape index (κ3) is 4.91. The van der Waals surface area contributed by atoms with Crippen LogP contribution in [0.2, 0.25) is 0 Å². The lowest BCUT2D eigenvalue weighted by Crippen LogP contribution is -2.06. The van der Waals surface area contributed by atoms with E-state index in [2.05, 4.69) is 20.7 Å². The average Bonchev–Trinajstić information content (AvgIpc) is 3.62. The summed E-state index contributed by atoms with van der Waals surface area (Å²) in [6, 6.07) is 24.8. The monoisotopic (exact) mass is 638 g/mol. The van der Waals surface area contributed by atoms with E-state index in [0.29, 0.717) is 22.9 Å². The molecular weight excluding hydrogens is 611 g/mol. The van der Waals surface area contributed by atoms with Gasteiger partial charge in [-0.15, -0.1) is 0 Å². The molecule has 4 aromatic carbocycles. The van der Waals surface area contributed by atoms with Gasteiger partial charge in [-0.3, -0.25) is 4.57 Å². The highest BCUT2D eigenvalue weighted by atomic mass is 19.2. The molecule has 0 spiro atoms. The Kier molecular flexibility index (Phi) is 7.50. The van der Waals surface area contributed by atoms with E-state index in [1.165, 1.54) is 4.68 Å². The Hall–Kier alpha value is -5.51. The molecule has 0 amide bonds. The average molecular weight is 639 g/mol. The van der Waals surface area contributed by atoms with Gasteiger partial charge in [0, 0.05) is 34.7 Å². The smallest absolute Gasteiger partial charge is 0.200 e. The molecule has 0 aliphatic rings. The molecule has 0 atom stereocenters. The summed E-state index contributed by atoms with van der Waals surface area (Å²) in [6.07, 6.45) is 2.16. The Bertz CT molecular complexity index is 2310. The van der Waals surface area contributed by atoms with Crippen molar-refractivity contribution >= 4 is 21.8 Å². The molecule has 47 heavy (non-hydrogen) atoms. The number of aryl methyl sites for hydroxylation is 2. The highest BCUT2D eigenvalue weighted by Crippen LogP contribution is 2.39. The lowest BCUT2D eigenvalue weighted by molar-refractivity contribution is 0.381. The van der Waals surface area contributed by atoms with Gasteiger partial charge in [0.05, 0.1) is 33.7 Å². The topological polar surface area (TPSA) is 44.9 Å². The SMILES string of the molecule is CCc1nn(-c2cccc(Oc3ccc4c5ccccc5n(-c5cc(C)ccn5)c4c3)c2)c(CC)c1-c1c(F)c(F)c(F)c(F)c1F. The Morgan fingerprint density at radius 3 is 2.09 bits per heavy atom. The Morgan fingerprint density at radius 2 is 1.36 bits per heavy atom. The third-order valence-electron chi connectivity index (χ3n) is 8.26. The van der Waals surface area contributed by atoms with Crippen molar-refractivity contribution in [2.75, 3.05) is 0 Å². The van der Waals surface area contributed by atoms with Crippen LogP contribution in [0.15, 0.2) is 85.1 Å². The van der Waals surface area contributed by atoms with Gasteiger partial charge in [0.15, 0.2) is 23.3 Å². The summed E-state index contributed by atoms with van der Waals surface area (Å²) in [5, 5.41) is 6.65. The van der Waals surface area contributed by atoms with Gasteiger partial charge in [0.25, 0.3) is 0 Å². The first-order valence-corrected chi connectivity index (χ1v) is 15.1. The van der Waals surface area contributed by atoms with Gasteiger partial charge in [-0.05, 0) is 67.8 Å². The van der Waals surface area contributed by atoms with Crippen LogP contribution in [0.5, 0.6) is 11.5 Å². The maximum absolute atomic E-state index is 15.0. The number of rotatable bonds is 7. The van der Waals surface area contributed by atoms with Gasteiger partial charge in [-0.1, -0.05) is 38.1 Å². The lowest BCUT2D eigenvalue weighted by atomic mass is 9.98. The molecule has 0 radical (unpaired) electrons. The summed E-state index contributed by atoms with van der Waals surface area (Å²) in [6.45, 7) is 5.43. The number of ether oxygens (including phenoxy) is 1. The van der Waals surface area contributed by atoms with Gasteiger partial charge < -0.3 is 4.74 Å². The standard InChI is InChI=1S/C37H27F5N4O/c1-4-26-31(32-33(38)35(40)37(42)36(41)34(32)39)27(5-2)46(44-26)21-9-8-10-22(18-21)47-23-13-14-25-24-11-6-7-12-28(24)45(29(25)19-23)30-17-20(3)15-16-43-30/h6-19H,4-5H2,1-3H3. The summed E-state index contributed by atoms with van der Waals surface area (Å²) in [5.41, 5.74) is 2.85. The zero-order valence-corrected chi connectivity index (χ0v) is 25.6. The molecule has 7 aromatic rings. The first-order chi connectivity index (χ1) is 22.7. The molecule has 0 unspecified atom stereocenters. The third-order valence-corrected chi connectivity index (χ3v) is 8.26. The molecule has 0 N–H and O–H groups in total. The second-order valence-corrected chi connectivity index (χ2v) is 11.2. The normalized spacial score (nSPS) is 11.6. The molecular formula is C37H27F5N4O. The second kappa shape index (κ2) is 11.7. The molecule has 10 heteroatoms. The van der Waals surface area contributed by atoms with Crippen LogP contribution in [0.4, 0.5) is 22.0 Å². The molecule has 0 aliphatic heterocycles. The Labute approximate surface area is 266 Å². The first-order valence-electron chi connectivity index (χ1n) is 15.1. The number of hydrogen-bond donors (Lipinski definition) is 0. The molecule has 236 valence electrons. The molecule has 3 aromatic heterocycles. The zero-order valence-electron chi connectivity index (χ0n) is 25.6. The number of hydrogen-bond acceptors (Lipinski definition) is 3. The molecule has 0 saturated heterocycles. The number of fused-ring (bicyclic) bond motifs is 3. The van der Waals surface area contributed by atoms with Crippen LogP contribution in [0.3, 0.4) is 0 Å². The predicted molar refractivity (Wildman–Crippen MR) is 171 cm³/mol. The molecule has 0 bridgehead atoms. The van der Waals surface area contributed by atoms with E-state index in [1.807, 2.05) is 55.5 Å². The van der Waals surface area contributed by atoms with Gasteiger partial charge in [-0.2, -0.15) is 5.10 Å². The molecule has 0 aliphatic carbocycles. The van der Waals surface area contributed by atoms with Crippen LogP contribution in [-0.2, 0) is 12.8 Å². The van der Waals surface area contributed by atoms with Gasteiger partial charge >= 0.3 is 0 Å². The van der Waals surface area contributed by atoms with Gasteiger partial charge in [-0.25, -0.2) is 31.6 Å². The maximum Gasteiger partial charge on any atom is 0.200 e. The number of para-hydroxylation sites is 1. The van der Waals surface area contributed by atoms with Crippen molar-refractivity contribution in [3.05, 3.63) is 131 Å². The minimum absolute atomic E-state index is 0.114. The van der Waals surface area contributed by atoms with Crippen molar-refractivity contribution in [2.45, 2.75) is 33.6 Å². The quantitative estimate of drug-likeness (QED) is 0.0992. The molecule has 0 saturated carbocycles. The highest BCUT2D eigenvalue weighted by molar-refractivity contribution is 6.09. The van der Waals surface area contributed by atoms with E-state index in [-0.39, 0.29) is 24.1 Å². The second-order valence-electron chi connectivity index (χ2n) is 11.2. The lowest BCUT2D eigenvalue weighted by Gasteiger charge is -2.13. The van der Waals surface area contributed by atoms with E-state index in [4.69, 9.17) is 4.74 Å². The Balaban J connectivity index is 1.32. The van der Waals surface area contributed by atoms with Crippen LogP contribution < -0.4 is 4.74 Å². The predicted octanol–water partition coefficient (Wildman–Crippen LogP) is 9.95. The summed E-state index contributed by atoms with van der Waals surface area (Å²) in [5.74, 6) is -8.21. The van der Waals surface area contributed by atoms with Crippen LogP contribution in [0, 0.1) is 36.0 Å². The van der Waals surface area contributed by atoms with Crippen molar-refractivity contribution in [3.63, 3.8) is 0 Å². The van der Waals surface area contributed by atoms with Crippen LogP contribution in [0.1, 0.15) is 30.8 Å². The van der Waals surface area contributed by atoms with E-state index in [9.17, 15) is 22.0 Å². The van der Waals surface area contributed by atoms with Crippen LogP contribution >= 0.6 is 0 Å². The highest BCUT2D eigenvalue weighted by Gasteiger charge is 2.31. The van der Waals surface area contributed by atoms with E-state index < -0.39 is 34.6 Å². The van der Waals surface area contributed by atoms with Gasteiger partial charge in [0.2, 0.25) is 5.82 Å². The number of aromatic nitrogens is 4. The Morgan fingerprint density at radius 1 is 0.660 bits per heavy atom.